The van der Waals surface area contributed by atoms with Crippen molar-refractivity contribution in [3.63, 3.8) is 0 Å². The molecule has 2 saturated carbocycles. The molecule has 1 aromatic rings. The standard InChI is InChI=1S/C19H26N2O2/c22-19(20-18-12-15-3-6-17(18)11-15)16-4-1-14(2-5-16)13-21-7-9-23-10-8-21/h1-2,4-5,15,17-18H,3,6-13H2,(H,20,22)/p+1/t15-,17-,18+/m1/s1. The van der Waals surface area contributed by atoms with E-state index < -0.39 is 0 Å². The molecule has 0 unspecified atom stereocenters. The lowest BCUT2D eigenvalue weighted by molar-refractivity contribution is -0.921. The highest BCUT2D eigenvalue weighted by atomic mass is 16.5. The molecule has 4 heteroatoms. The summed E-state index contributed by atoms with van der Waals surface area (Å²) >= 11 is 0. The van der Waals surface area contributed by atoms with Crippen molar-refractivity contribution in [1.29, 1.82) is 0 Å². The fourth-order valence-electron chi connectivity index (χ4n) is 4.57. The van der Waals surface area contributed by atoms with E-state index in [2.05, 4.69) is 17.4 Å². The van der Waals surface area contributed by atoms with Crippen LogP contribution < -0.4 is 10.2 Å². The molecule has 3 fully saturated rings. The number of quaternary nitrogens is 1. The fourth-order valence-corrected chi connectivity index (χ4v) is 4.57. The Hall–Kier alpha value is -1.39. The molecule has 1 aliphatic heterocycles. The molecular weight excluding hydrogens is 288 g/mol. The zero-order valence-corrected chi connectivity index (χ0v) is 13.7. The number of fused-ring (bicyclic) bond motifs is 2. The van der Waals surface area contributed by atoms with E-state index in [1.165, 1.54) is 31.2 Å². The summed E-state index contributed by atoms with van der Waals surface area (Å²) in [6.07, 6.45) is 5.19. The number of carbonyl (C=O) groups is 1. The van der Waals surface area contributed by atoms with E-state index >= 15 is 0 Å². The Morgan fingerprint density at radius 2 is 1.91 bits per heavy atom. The molecule has 4 nitrogen and oxygen atoms in total. The van der Waals surface area contributed by atoms with Gasteiger partial charge >= 0.3 is 0 Å². The SMILES string of the molecule is O=C(N[C@H]1C[C@@H]2CC[C@@H]1C2)c1ccc(C[NH+]2CCOCC2)cc1. The summed E-state index contributed by atoms with van der Waals surface area (Å²) in [6, 6.07) is 8.60. The molecule has 0 spiro atoms. The van der Waals surface area contributed by atoms with Crippen molar-refractivity contribution in [1.82, 2.24) is 5.32 Å². The summed E-state index contributed by atoms with van der Waals surface area (Å²) in [5.74, 6) is 1.70. The third kappa shape index (κ3) is 3.43. The van der Waals surface area contributed by atoms with E-state index in [0.29, 0.717) is 6.04 Å². The highest BCUT2D eigenvalue weighted by molar-refractivity contribution is 5.94. The van der Waals surface area contributed by atoms with Gasteiger partial charge in [0.15, 0.2) is 0 Å². The monoisotopic (exact) mass is 315 g/mol. The van der Waals surface area contributed by atoms with Crippen molar-refractivity contribution in [2.45, 2.75) is 38.3 Å². The second-order valence-electron chi connectivity index (χ2n) is 7.49. The minimum absolute atomic E-state index is 0.104. The van der Waals surface area contributed by atoms with Crippen LogP contribution in [0.5, 0.6) is 0 Å². The van der Waals surface area contributed by atoms with Crippen LogP contribution in [0.1, 0.15) is 41.6 Å². The summed E-state index contributed by atoms with van der Waals surface area (Å²) in [5.41, 5.74) is 2.10. The molecule has 0 aromatic heterocycles. The smallest absolute Gasteiger partial charge is 0.251 e. The van der Waals surface area contributed by atoms with Gasteiger partial charge < -0.3 is 15.0 Å². The second kappa shape index (κ2) is 6.62. The number of hydrogen-bond donors (Lipinski definition) is 2. The van der Waals surface area contributed by atoms with Crippen molar-refractivity contribution in [2.75, 3.05) is 26.3 Å². The summed E-state index contributed by atoms with van der Waals surface area (Å²) in [6.45, 7) is 4.90. The number of carbonyl (C=O) groups excluding carboxylic acids is 1. The minimum Gasteiger partial charge on any atom is -0.370 e. The third-order valence-electron chi connectivity index (χ3n) is 5.92. The van der Waals surface area contributed by atoms with Gasteiger partial charge in [0.25, 0.3) is 5.91 Å². The largest absolute Gasteiger partial charge is 0.370 e. The van der Waals surface area contributed by atoms with E-state index in [9.17, 15) is 4.79 Å². The molecule has 1 saturated heterocycles. The maximum Gasteiger partial charge on any atom is 0.251 e. The van der Waals surface area contributed by atoms with E-state index in [0.717, 1.165) is 50.2 Å². The normalized spacial score (nSPS) is 30.5. The predicted octanol–water partition coefficient (Wildman–Crippen LogP) is 1.02. The van der Waals surface area contributed by atoms with Gasteiger partial charge in [-0.25, -0.2) is 0 Å². The van der Waals surface area contributed by atoms with E-state index in [1.807, 2.05) is 12.1 Å². The first kappa shape index (κ1) is 15.2. The number of benzene rings is 1. The van der Waals surface area contributed by atoms with Crippen LogP contribution in [-0.4, -0.2) is 38.3 Å². The Morgan fingerprint density at radius 1 is 1.13 bits per heavy atom. The lowest BCUT2D eigenvalue weighted by Crippen LogP contribution is -3.12. The minimum atomic E-state index is 0.104. The Labute approximate surface area is 138 Å². The van der Waals surface area contributed by atoms with Crippen molar-refractivity contribution in [3.8, 4) is 0 Å². The molecule has 124 valence electrons. The average molecular weight is 315 g/mol. The first-order valence-corrected chi connectivity index (χ1v) is 9.09. The van der Waals surface area contributed by atoms with Gasteiger partial charge in [0, 0.05) is 17.2 Å². The number of morpholine rings is 1. The molecular formula is C19H27N2O2+. The summed E-state index contributed by atoms with van der Waals surface area (Å²) < 4.78 is 5.40. The summed E-state index contributed by atoms with van der Waals surface area (Å²) in [7, 11) is 0. The molecule has 4 rings (SSSR count). The highest BCUT2D eigenvalue weighted by Crippen LogP contribution is 2.44. The Balaban J connectivity index is 1.33. The molecule has 2 aliphatic carbocycles. The van der Waals surface area contributed by atoms with Crippen LogP contribution in [0, 0.1) is 11.8 Å². The molecule has 2 bridgehead atoms. The summed E-state index contributed by atoms with van der Waals surface area (Å²) in [5, 5.41) is 3.27. The van der Waals surface area contributed by atoms with Crippen LogP contribution in [0.15, 0.2) is 24.3 Å². The Morgan fingerprint density at radius 3 is 2.57 bits per heavy atom. The van der Waals surface area contributed by atoms with Crippen LogP contribution in [0.25, 0.3) is 0 Å². The number of ether oxygens (including phenoxy) is 1. The zero-order chi connectivity index (χ0) is 15.6. The predicted molar refractivity (Wildman–Crippen MR) is 88.4 cm³/mol. The molecule has 3 aliphatic rings. The van der Waals surface area contributed by atoms with Gasteiger partial charge in [-0.1, -0.05) is 18.6 Å². The van der Waals surface area contributed by atoms with Crippen molar-refractivity contribution in [3.05, 3.63) is 35.4 Å². The van der Waals surface area contributed by atoms with Crippen LogP contribution in [0.2, 0.25) is 0 Å². The second-order valence-corrected chi connectivity index (χ2v) is 7.49. The topological polar surface area (TPSA) is 42.8 Å². The van der Waals surface area contributed by atoms with Gasteiger partial charge in [0.05, 0.1) is 13.2 Å². The lowest BCUT2D eigenvalue weighted by Gasteiger charge is -2.24. The van der Waals surface area contributed by atoms with Crippen molar-refractivity contribution >= 4 is 5.91 Å². The van der Waals surface area contributed by atoms with Crippen molar-refractivity contribution < 1.29 is 14.4 Å². The number of rotatable bonds is 4. The zero-order valence-electron chi connectivity index (χ0n) is 13.7. The first-order chi connectivity index (χ1) is 11.3. The van der Waals surface area contributed by atoms with E-state index in [4.69, 9.17) is 4.74 Å². The average Bonchev–Trinajstić information content (AvgIpc) is 3.19. The molecule has 3 atom stereocenters. The number of hydrogen-bond acceptors (Lipinski definition) is 2. The number of amides is 1. The molecule has 1 aromatic carbocycles. The van der Waals surface area contributed by atoms with Gasteiger partial charge in [0.1, 0.15) is 19.6 Å². The Bertz CT molecular complexity index is 551. The van der Waals surface area contributed by atoms with Crippen LogP contribution in [0.3, 0.4) is 0 Å². The maximum absolute atomic E-state index is 12.4. The maximum atomic E-state index is 12.4. The van der Waals surface area contributed by atoms with Gasteiger partial charge in [-0.2, -0.15) is 0 Å². The van der Waals surface area contributed by atoms with Gasteiger partial charge in [-0.05, 0) is 43.2 Å². The van der Waals surface area contributed by atoms with Gasteiger partial charge in [-0.15, -0.1) is 0 Å². The summed E-state index contributed by atoms with van der Waals surface area (Å²) in [4.78, 5) is 14.0. The first-order valence-electron chi connectivity index (χ1n) is 9.09. The lowest BCUT2D eigenvalue weighted by atomic mass is 9.95. The molecule has 1 amide bonds. The molecule has 0 radical (unpaired) electrons. The van der Waals surface area contributed by atoms with Crippen molar-refractivity contribution in [2.24, 2.45) is 11.8 Å². The van der Waals surface area contributed by atoms with Crippen LogP contribution in [0.4, 0.5) is 0 Å². The van der Waals surface area contributed by atoms with Gasteiger partial charge in [0.2, 0.25) is 0 Å². The van der Waals surface area contributed by atoms with E-state index in [-0.39, 0.29) is 5.91 Å². The third-order valence-corrected chi connectivity index (χ3v) is 5.92. The molecule has 1 heterocycles. The highest BCUT2D eigenvalue weighted by Gasteiger charge is 2.40. The number of nitrogens with one attached hydrogen (secondary N) is 2. The Kier molecular flexibility index (Phi) is 4.36. The van der Waals surface area contributed by atoms with Gasteiger partial charge in [-0.3, -0.25) is 4.79 Å². The quantitative estimate of drug-likeness (QED) is 0.871. The van der Waals surface area contributed by atoms with E-state index in [1.54, 1.807) is 4.90 Å². The molecule has 23 heavy (non-hydrogen) atoms. The van der Waals surface area contributed by atoms with Crippen LogP contribution >= 0.6 is 0 Å². The van der Waals surface area contributed by atoms with Crippen LogP contribution in [-0.2, 0) is 11.3 Å². The fraction of sp³-hybridized carbons (Fsp3) is 0.632. The molecule has 2 N–H and O–H groups in total.